The van der Waals surface area contributed by atoms with Crippen molar-refractivity contribution in [3.8, 4) is 0 Å². The van der Waals surface area contributed by atoms with Crippen LogP contribution in [0.1, 0.15) is 37.9 Å². The van der Waals surface area contributed by atoms with Crippen molar-refractivity contribution in [2.24, 2.45) is 0 Å². The fourth-order valence-corrected chi connectivity index (χ4v) is 2.53. The lowest BCUT2D eigenvalue weighted by atomic mass is 9.94. The quantitative estimate of drug-likeness (QED) is 0.839. The summed E-state index contributed by atoms with van der Waals surface area (Å²) in [6.07, 6.45) is 1.16. The molecule has 1 unspecified atom stereocenters. The Labute approximate surface area is 98.7 Å². The number of nitrogens with zero attached hydrogens (tertiary/aromatic N) is 1. The van der Waals surface area contributed by atoms with E-state index in [0.717, 1.165) is 26.1 Å². The van der Waals surface area contributed by atoms with E-state index in [1.54, 1.807) is 0 Å². The van der Waals surface area contributed by atoms with Gasteiger partial charge < -0.3 is 10.2 Å². The predicted octanol–water partition coefficient (Wildman–Crippen LogP) is 2.74. The molecule has 0 bridgehead atoms. The molecule has 88 valence electrons. The summed E-state index contributed by atoms with van der Waals surface area (Å²) in [5.41, 5.74) is 4.36. The van der Waals surface area contributed by atoms with Crippen molar-refractivity contribution in [1.82, 2.24) is 5.32 Å². The van der Waals surface area contributed by atoms with Crippen molar-refractivity contribution in [1.29, 1.82) is 0 Å². The van der Waals surface area contributed by atoms with Gasteiger partial charge in [-0.25, -0.2) is 0 Å². The van der Waals surface area contributed by atoms with Crippen molar-refractivity contribution in [3.63, 3.8) is 0 Å². The summed E-state index contributed by atoms with van der Waals surface area (Å²) in [7, 11) is 0. The second kappa shape index (κ2) is 4.88. The van der Waals surface area contributed by atoms with Gasteiger partial charge in [-0.05, 0) is 57.0 Å². The Balaban J connectivity index is 2.33. The van der Waals surface area contributed by atoms with Crippen LogP contribution in [0, 0.1) is 0 Å². The number of hydrogen-bond donors (Lipinski definition) is 1. The van der Waals surface area contributed by atoms with Gasteiger partial charge in [0.05, 0.1) is 0 Å². The van der Waals surface area contributed by atoms with Crippen LogP contribution in [0.3, 0.4) is 0 Å². The predicted molar refractivity (Wildman–Crippen MR) is 70.1 cm³/mol. The average molecular weight is 218 g/mol. The number of benzene rings is 1. The molecule has 1 aliphatic rings. The first kappa shape index (κ1) is 11.5. The van der Waals surface area contributed by atoms with E-state index >= 15 is 0 Å². The van der Waals surface area contributed by atoms with Crippen molar-refractivity contribution >= 4 is 5.69 Å². The fourth-order valence-electron chi connectivity index (χ4n) is 2.53. The maximum atomic E-state index is 3.52. The minimum Gasteiger partial charge on any atom is -0.372 e. The van der Waals surface area contributed by atoms with Crippen molar-refractivity contribution < 1.29 is 0 Å². The first-order valence-corrected chi connectivity index (χ1v) is 6.37. The maximum absolute atomic E-state index is 3.52. The zero-order chi connectivity index (χ0) is 11.5. The van der Waals surface area contributed by atoms with Crippen LogP contribution in [-0.2, 0) is 6.42 Å². The van der Waals surface area contributed by atoms with Crippen LogP contribution < -0.4 is 10.2 Å². The lowest BCUT2D eigenvalue weighted by Gasteiger charge is -2.27. The molecule has 0 radical (unpaired) electrons. The van der Waals surface area contributed by atoms with Crippen LogP contribution in [0.4, 0.5) is 5.69 Å². The summed E-state index contributed by atoms with van der Waals surface area (Å²) in [5.74, 6) is 0. The molecule has 1 atom stereocenters. The van der Waals surface area contributed by atoms with Gasteiger partial charge in [0.15, 0.2) is 0 Å². The van der Waals surface area contributed by atoms with Gasteiger partial charge in [0, 0.05) is 24.8 Å². The van der Waals surface area contributed by atoms with Crippen LogP contribution in [0.5, 0.6) is 0 Å². The van der Waals surface area contributed by atoms with Gasteiger partial charge in [0.1, 0.15) is 0 Å². The van der Waals surface area contributed by atoms with Crippen molar-refractivity contribution in [2.75, 3.05) is 24.5 Å². The molecule has 1 N–H and O–H groups in total. The number of nitrogens with one attached hydrogen (secondary N) is 1. The highest BCUT2D eigenvalue weighted by Crippen LogP contribution is 2.27. The van der Waals surface area contributed by atoms with Crippen molar-refractivity contribution in [2.45, 2.75) is 33.2 Å². The number of fused-ring (bicyclic) bond motifs is 1. The van der Waals surface area contributed by atoms with Gasteiger partial charge >= 0.3 is 0 Å². The first-order chi connectivity index (χ1) is 7.76. The molecular formula is C14H22N2. The Kier molecular flexibility index (Phi) is 3.49. The third-order valence-corrected chi connectivity index (χ3v) is 3.57. The molecule has 0 fully saturated rings. The largest absolute Gasteiger partial charge is 0.372 e. The summed E-state index contributed by atoms with van der Waals surface area (Å²) in [5, 5.41) is 3.52. The zero-order valence-electron chi connectivity index (χ0n) is 10.6. The fraction of sp³-hybridized carbons (Fsp3) is 0.571. The van der Waals surface area contributed by atoms with E-state index in [1.807, 2.05) is 0 Å². The zero-order valence-corrected chi connectivity index (χ0v) is 10.6. The smallest absolute Gasteiger partial charge is 0.0369 e. The standard InChI is InChI=1S/C14H22N2/c1-4-16(5-2)13-7-6-12-8-9-15-11(3)14(12)10-13/h6-7,10-11,15H,4-5,8-9H2,1-3H3. The van der Waals surface area contributed by atoms with E-state index in [4.69, 9.17) is 0 Å². The second-order valence-corrected chi connectivity index (χ2v) is 4.48. The summed E-state index contributed by atoms with van der Waals surface area (Å²) >= 11 is 0. The van der Waals surface area contributed by atoms with Crippen LogP contribution in [0.15, 0.2) is 18.2 Å². The van der Waals surface area contributed by atoms with Gasteiger partial charge in [-0.15, -0.1) is 0 Å². The molecule has 0 saturated heterocycles. The Morgan fingerprint density at radius 1 is 1.31 bits per heavy atom. The average Bonchev–Trinajstić information content (AvgIpc) is 2.32. The highest BCUT2D eigenvalue weighted by molar-refractivity contribution is 5.52. The third kappa shape index (κ3) is 2.07. The summed E-state index contributed by atoms with van der Waals surface area (Å²) in [6, 6.07) is 7.43. The molecule has 0 saturated carbocycles. The molecule has 0 spiro atoms. The number of anilines is 1. The Morgan fingerprint density at radius 2 is 2.06 bits per heavy atom. The molecule has 2 heteroatoms. The summed E-state index contributed by atoms with van der Waals surface area (Å²) < 4.78 is 0. The number of rotatable bonds is 3. The van der Waals surface area contributed by atoms with Gasteiger partial charge in [-0.2, -0.15) is 0 Å². The third-order valence-electron chi connectivity index (χ3n) is 3.57. The first-order valence-electron chi connectivity index (χ1n) is 6.37. The van der Waals surface area contributed by atoms with E-state index in [9.17, 15) is 0 Å². The SMILES string of the molecule is CCN(CC)c1ccc2c(c1)C(C)NCC2. The minimum absolute atomic E-state index is 0.499. The van der Waals surface area contributed by atoms with Crippen LogP contribution >= 0.6 is 0 Å². The molecule has 0 aliphatic carbocycles. The minimum atomic E-state index is 0.499. The molecule has 0 aromatic heterocycles. The summed E-state index contributed by atoms with van der Waals surface area (Å²) in [6.45, 7) is 9.95. The topological polar surface area (TPSA) is 15.3 Å². The van der Waals surface area contributed by atoms with E-state index in [1.165, 1.54) is 16.8 Å². The lowest BCUT2D eigenvalue weighted by Crippen LogP contribution is -2.28. The Hall–Kier alpha value is -1.02. The maximum Gasteiger partial charge on any atom is 0.0369 e. The molecular weight excluding hydrogens is 196 g/mol. The second-order valence-electron chi connectivity index (χ2n) is 4.48. The molecule has 1 heterocycles. The molecule has 1 aromatic rings. The van der Waals surface area contributed by atoms with E-state index in [-0.39, 0.29) is 0 Å². The van der Waals surface area contributed by atoms with Gasteiger partial charge in [-0.3, -0.25) is 0 Å². The van der Waals surface area contributed by atoms with Crippen LogP contribution in [0.25, 0.3) is 0 Å². The summed E-state index contributed by atoms with van der Waals surface area (Å²) in [4.78, 5) is 2.40. The molecule has 1 aliphatic heterocycles. The van der Waals surface area contributed by atoms with Gasteiger partial charge in [0.2, 0.25) is 0 Å². The van der Waals surface area contributed by atoms with E-state index < -0.39 is 0 Å². The molecule has 16 heavy (non-hydrogen) atoms. The van der Waals surface area contributed by atoms with E-state index in [0.29, 0.717) is 6.04 Å². The number of hydrogen-bond acceptors (Lipinski definition) is 2. The van der Waals surface area contributed by atoms with Crippen LogP contribution in [0.2, 0.25) is 0 Å². The molecule has 0 amide bonds. The molecule has 1 aromatic carbocycles. The van der Waals surface area contributed by atoms with Gasteiger partial charge in [0.25, 0.3) is 0 Å². The van der Waals surface area contributed by atoms with Crippen molar-refractivity contribution in [3.05, 3.63) is 29.3 Å². The Bertz CT molecular complexity index is 356. The highest BCUT2D eigenvalue weighted by atomic mass is 15.1. The Morgan fingerprint density at radius 3 is 2.75 bits per heavy atom. The lowest BCUT2D eigenvalue weighted by molar-refractivity contribution is 0.541. The normalized spacial score (nSPS) is 19.3. The van der Waals surface area contributed by atoms with Crippen LogP contribution in [-0.4, -0.2) is 19.6 Å². The van der Waals surface area contributed by atoms with Gasteiger partial charge in [-0.1, -0.05) is 6.07 Å². The monoisotopic (exact) mass is 218 g/mol. The van der Waals surface area contributed by atoms with E-state index in [2.05, 4.69) is 49.2 Å². The molecule has 2 rings (SSSR count). The highest BCUT2D eigenvalue weighted by Gasteiger charge is 2.16. The molecule has 2 nitrogen and oxygen atoms in total.